The van der Waals surface area contributed by atoms with Crippen LogP contribution in [0.5, 0.6) is 0 Å². The largest absolute Gasteiger partial charge is 0.325 e. The summed E-state index contributed by atoms with van der Waals surface area (Å²) >= 11 is 3.13. The topological polar surface area (TPSA) is 82.1 Å². The molecular formula is C24H22N4O3S2. The Balaban J connectivity index is 1.42. The molecule has 2 aliphatic rings. The van der Waals surface area contributed by atoms with E-state index in [4.69, 9.17) is 0 Å². The second kappa shape index (κ2) is 8.57. The first-order chi connectivity index (χ1) is 16.0. The SMILES string of the molecule is CCC1(c2ccccc2)NC(=O)N(CC(=O)N2N=C(c3cccs3)CC2c2cccs2)C1=O. The van der Waals surface area contributed by atoms with E-state index in [9.17, 15) is 14.4 Å². The number of imide groups is 1. The molecule has 0 spiro atoms. The Morgan fingerprint density at radius 1 is 1.09 bits per heavy atom. The second-order valence-corrected chi connectivity index (χ2v) is 9.87. The summed E-state index contributed by atoms with van der Waals surface area (Å²) in [4.78, 5) is 42.7. The monoisotopic (exact) mass is 478 g/mol. The molecule has 0 saturated carbocycles. The number of hydrazone groups is 1. The van der Waals surface area contributed by atoms with Crippen molar-refractivity contribution in [3.8, 4) is 0 Å². The number of nitrogens with one attached hydrogen (secondary N) is 1. The molecule has 2 aromatic heterocycles. The number of amides is 4. The summed E-state index contributed by atoms with van der Waals surface area (Å²) in [6.45, 7) is 1.49. The summed E-state index contributed by atoms with van der Waals surface area (Å²) in [6.07, 6.45) is 0.977. The molecule has 2 aliphatic heterocycles. The molecule has 1 aromatic carbocycles. The van der Waals surface area contributed by atoms with Crippen LogP contribution in [-0.4, -0.2) is 40.0 Å². The smallest absolute Gasteiger partial charge is 0.319 e. The van der Waals surface area contributed by atoms with Gasteiger partial charge in [-0.2, -0.15) is 5.10 Å². The third kappa shape index (κ3) is 3.67. The molecule has 0 aliphatic carbocycles. The van der Waals surface area contributed by atoms with Crippen molar-refractivity contribution in [3.05, 3.63) is 80.7 Å². The number of thiophene rings is 2. The fourth-order valence-corrected chi connectivity index (χ4v) is 5.91. The maximum atomic E-state index is 13.4. The van der Waals surface area contributed by atoms with Gasteiger partial charge in [-0.1, -0.05) is 49.4 Å². The van der Waals surface area contributed by atoms with Gasteiger partial charge in [-0.3, -0.25) is 14.5 Å². The minimum atomic E-state index is -1.16. The number of carbonyl (C=O) groups is 3. The van der Waals surface area contributed by atoms with Gasteiger partial charge in [0.2, 0.25) is 0 Å². The Kier molecular flexibility index (Phi) is 5.59. The average Bonchev–Trinajstić information content (AvgIpc) is 3.63. The lowest BCUT2D eigenvalue weighted by atomic mass is 9.87. The lowest BCUT2D eigenvalue weighted by Crippen LogP contribution is -2.45. The highest BCUT2D eigenvalue weighted by molar-refractivity contribution is 7.12. The van der Waals surface area contributed by atoms with Crippen LogP contribution in [0.15, 0.2) is 70.5 Å². The van der Waals surface area contributed by atoms with Crippen LogP contribution in [0.1, 0.15) is 41.1 Å². The summed E-state index contributed by atoms with van der Waals surface area (Å²) in [6, 6.07) is 16.2. The molecule has 168 valence electrons. The van der Waals surface area contributed by atoms with E-state index in [1.807, 2.05) is 72.3 Å². The summed E-state index contributed by atoms with van der Waals surface area (Å²) in [7, 11) is 0. The van der Waals surface area contributed by atoms with E-state index in [1.54, 1.807) is 22.7 Å². The van der Waals surface area contributed by atoms with Crippen molar-refractivity contribution < 1.29 is 14.4 Å². The van der Waals surface area contributed by atoms with Crippen molar-refractivity contribution in [2.75, 3.05) is 6.54 Å². The van der Waals surface area contributed by atoms with E-state index in [-0.39, 0.29) is 18.5 Å². The summed E-state index contributed by atoms with van der Waals surface area (Å²) in [5.74, 6) is -0.799. The third-order valence-corrected chi connectivity index (χ3v) is 8.00. The molecule has 1 fully saturated rings. The molecule has 5 rings (SSSR count). The predicted octanol–water partition coefficient (Wildman–Crippen LogP) is 4.34. The Bertz CT molecular complexity index is 1210. The third-order valence-electron chi connectivity index (χ3n) is 6.11. The van der Waals surface area contributed by atoms with Gasteiger partial charge in [0.05, 0.1) is 16.6 Å². The van der Waals surface area contributed by atoms with Crippen molar-refractivity contribution in [2.24, 2.45) is 5.10 Å². The number of benzene rings is 1. The van der Waals surface area contributed by atoms with Crippen LogP contribution in [0, 0.1) is 0 Å². The molecule has 2 unspecified atom stereocenters. The Hall–Kier alpha value is -3.30. The van der Waals surface area contributed by atoms with Gasteiger partial charge < -0.3 is 5.32 Å². The highest BCUT2D eigenvalue weighted by Crippen LogP contribution is 2.37. The van der Waals surface area contributed by atoms with Crippen LogP contribution in [0.3, 0.4) is 0 Å². The lowest BCUT2D eigenvalue weighted by Gasteiger charge is -2.26. The van der Waals surface area contributed by atoms with E-state index >= 15 is 0 Å². The Labute approximate surface area is 199 Å². The second-order valence-electron chi connectivity index (χ2n) is 7.94. The van der Waals surface area contributed by atoms with Gasteiger partial charge in [-0.05, 0) is 34.9 Å². The van der Waals surface area contributed by atoms with E-state index in [0.717, 1.165) is 20.4 Å². The Morgan fingerprint density at radius 2 is 1.85 bits per heavy atom. The molecule has 7 nitrogen and oxygen atoms in total. The van der Waals surface area contributed by atoms with Gasteiger partial charge in [0.15, 0.2) is 0 Å². The molecule has 4 heterocycles. The van der Waals surface area contributed by atoms with Crippen molar-refractivity contribution >= 4 is 46.2 Å². The molecule has 4 amide bonds. The van der Waals surface area contributed by atoms with Crippen LogP contribution < -0.4 is 5.32 Å². The molecule has 0 radical (unpaired) electrons. The van der Waals surface area contributed by atoms with Gasteiger partial charge >= 0.3 is 6.03 Å². The summed E-state index contributed by atoms with van der Waals surface area (Å²) < 4.78 is 0. The zero-order valence-corrected chi connectivity index (χ0v) is 19.6. The number of urea groups is 1. The van der Waals surface area contributed by atoms with Gasteiger partial charge in [0, 0.05) is 11.3 Å². The number of hydrogen-bond donors (Lipinski definition) is 1. The van der Waals surface area contributed by atoms with E-state index in [2.05, 4.69) is 10.4 Å². The quantitative estimate of drug-likeness (QED) is 0.535. The highest BCUT2D eigenvalue weighted by atomic mass is 32.1. The van der Waals surface area contributed by atoms with E-state index < -0.39 is 17.5 Å². The van der Waals surface area contributed by atoms with Crippen LogP contribution in [0.25, 0.3) is 0 Å². The number of carbonyl (C=O) groups excluding carboxylic acids is 3. The van der Waals surface area contributed by atoms with Crippen molar-refractivity contribution in [1.82, 2.24) is 15.2 Å². The van der Waals surface area contributed by atoms with Crippen molar-refractivity contribution in [1.29, 1.82) is 0 Å². The van der Waals surface area contributed by atoms with Gasteiger partial charge in [0.25, 0.3) is 11.8 Å². The van der Waals surface area contributed by atoms with Crippen LogP contribution in [0.4, 0.5) is 4.79 Å². The number of nitrogens with zero attached hydrogens (tertiary/aromatic N) is 3. The van der Waals surface area contributed by atoms with Crippen LogP contribution >= 0.6 is 22.7 Å². The average molecular weight is 479 g/mol. The predicted molar refractivity (Wildman–Crippen MR) is 128 cm³/mol. The molecule has 2 atom stereocenters. The zero-order valence-electron chi connectivity index (χ0n) is 17.9. The molecule has 33 heavy (non-hydrogen) atoms. The molecule has 0 bridgehead atoms. The fraction of sp³-hybridized carbons (Fsp3) is 0.250. The van der Waals surface area contributed by atoms with Crippen molar-refractivity contribution in [2.45, 2.75) is 31.3 Å². The number of rotatable bonds is 6. The van der Waals surface area contributed by atoms with E-state index in [1.165, 1.54) is 5.01 Å². The first-order valence-electron chi connectivity index (χ1n) is 10.7. The molecule has 1 N–H and O–H groups in total. The number of hydrogen-bond acceptors (Lipinski definition) is 6. The Morgan fingerprint density at radius 3 is 2.52 bits per heavy atom. The minimum Gasteiger partial charge on any atom is -0.319 e. The zero-order chi connectivity index (χ0) is 23.0. The first kappa shape index (κ1) is 21.5. The lowest BCUT2D eigenvalue weighted by molar-refractivity contribution is -0.140. The summed E-state index contributed by atoms with van der Waals surface area (Å²) in [5.41, 5.74) is 0.375. The normalized spacial score (nSPS) is 22.6. The fourth-order valence-electron chi connectivity index (χ4n) is 4.37. The van der Waals surface area contributed by atoms with Gasteiger partial charge in [-0.25, -0.2) is 9.80 Å². The molecule has 9 heteroatoms. The highest BCUT2D eigenvalue weighted by Gasteiger charge is 2.52. The maximum Gasteiger partial charge on any atom is 0.325 e. The van der Waals surface area contributed by atoms with Crippen molar-refractivity contribution in [3.63, 3.8) is 0 Å². The minimum absolute atomic E-state index is 0.250. The standard InChI is InChI=1S/C24H22N4O3S2/c1-2-24(16-8-4-3-5-9-16)22(30)27(23(31)25-24)15-21(29)28-18(20-11-7-13-33-20)14-17(26-28)19-10-6-12-32-19/h3-13,18H,2,14-15H2,1H3,(H,25,31). The molecular weight excluding hydrogens is 456 g/mol. The molecule has 3 aromatic rings. The van der Waals surface area contributed by atoms with E-state index in [0.29, 0.717) is 18.4 Å². The maximum absolute atomic E-state index is 13.4. The van der Waals surface area contributed by atoms with Crippen LogP contribution in [-0.2, 0) is 15.1 Å². The molecule has 1 saturated heterocycles. The summed E-state index contributed by atoms with van der Waals surface area (Å²) in [5, 5.41) is 12.8. The van der Waals surface area contributed by atoms with Gasteiger partial charge in [0.1, 0.15) is 12.1 Å². The first-order valence-corrected chi connectivity index (χ1v) is 12.5. The van der Waals surface area contributed by atoms with Gasteiger partial charge in [-0.15, -0.1) is 22.7 Å². The van der Waals surface area contributed by atoms with Crippen LogP contribution in [0.2, 0.25) is 0 Å².